The Morgan fingerprint density at radius 1 is 1.21 bits per heavy atom. The minimum atomic E-state index is -0.107. The van der Waals surface area contributed by atoms with Crippen LogP contribution < -0.4 is 0 Å². The van der Waals surface area contributed by atoms with Crippen LogP contribution in [0.2, 0.25) is 0 Å². The fourth-order valence-electron chi connectivity index (χ4n) is 3.84. The topological polar surface area (TPSA) is 81.7 Å². The molecule has 4 rings (SSSR count). The maximum absolute atomic E-state index is 12.8. The second-order valence-corrected chi connectivity index (χ2v) is 7.35. The van der Waals surface area contributed by atoms with E-state index < -0.39 is 0 Å². The number of piperidine rings is 1. The fourth-order valence-corrected chi connectivity index (χ4v) is 3.84. The number of likely N-dealkylation sites (tertiary alicyclic amines) is 1. The SMILES string of the molecule is C[C@@H](Cn1cncn1)C(=O)N1CCC(c2nccn2Cc2ccccn2)CC1. The number of carbonyl (C=O) groups is 1. The number of hydrogen-bond donors (Lipinski definition) is 0. The third-order valence-electron chi connectivity index (χ3n) is 5.33. The molecule has 4 heterocycles. The van der Waals surface area contributed by atoms with E-state index in [4.69, 9.17) is 0 Å². The summed E-state index contributed by atoms with van der Waals surface area (Å²) < 4.78 is 3.89. The molecule has 1 amide bonds. The zero-order valence-electron chi connectivity index (χ0n) is 16.1. The normalized spacial score (nSPS) is 16.2. The minimum absolute atomic E-state index is 0.107. The molecule has 0 saturated carbocycles. The van der Waals surface area contributed by atoms with Crippen molar-refractivity contribution in [3.8, 4) is 0 Å². The van der Waals surface area contributed by atoms with Crippen LogP contribution in [0.25, 0.3) is 0 Å². The number of amides is 1. The molecule has 0 radical (unpaired) electrons. The van der Waals surface area contributed by atoms with Crippen molar-refractivity contribution in [3.63, 3.8) is 0 Å². The molecular weight excluding hydrogens is 354 g/mol. The van der Waals surface area contributed by atoms with Gasteiger partial charge in [0, 0.05) is 37.6 Å². The molecule has 1 saturated heterocycles. The van der Waals surface area contributed by atoms with Gasteiger partial charge in [0.2, 0.25) is 5.91 Å². The Bertz CT molecular complexity index is 882. The lowest BCUT2D eigenvalue weighted by Gasteiger charge is -2.33. The molecule has 3 aromatic rings. The number of nitrogens with zero attached hydrogens (tertiary/aromatic N) is 7. The molecule has 0 N–H and O–H groups in total. The number of aromatic nitrogens is 6. The molecule has 1 fully saturated rings. The van der Waals surface area contributed by atoms with Gasteiger partial charge in [0.15, 0.2) is 0 Å². The second kappa shape index (κ2) is 8.33. The van der Waals surface area contributed by atoms with E-state index >= 15 is 0 Å². The molecule has 1 aliphatic rings. The summed E-state index contributed by atoms with van der Waals surface area (Å²) in [5.41, 5.74) is 1.02. The summed E-state index contributed by atoms with van der Waals surface area (Å²) in [5, 5.41) is 4.09. The van der Waals surface area contributed by atoms with Crippen molar-refractivity contribution in [3.05, 3.63) is 61.0 Å². The molecule has 0 aliphatic carbocycles. The molecular formula is C20H25N7O. The van der Waals surface area contributed by atoms with Crippen LogP contribution in [0.15, 0.2) is 49.4 Å². The maximum Gasteiger partial charge on any atom is 0.227 e. The Hall–Kier alpha value is -3.03. The Balaban J connectivity index is 1.34. The first kappa shape index (κ1) is 18.3. The van der Waals surface area contributed by atoms with Gasteiger partial charge in [-0.15, -0.1) is 0 Å². The van der Waals surface area contributed by atoms with Crippen molar-refractivity contribution in [2.45, 2.75) is 38.8 Å². The van der Waals surface area contributed by atoms with E-state index in [0.717, 1.165) is 44.0 Å². The Labute approximate surface area is 164 Å². The summed E-state index contributed by atoms with van der Waals surface area (Å²) in [6.07, 6.45) is 10.7. The number of hydrogen-bond acceptors (Lipinski definition) is 5. The molecule has 28 heavy (non-hydrogen) atoms. The quantitative estimate of drug-likeness (QED) is 0.654. The average Bonchev–Trinajstić information content (AvgIpc) is 3.40. The van der Waals surface area contributed by atoms with E-state index in [1.54, 1.807) is 11.0 Å². The lowest BCUT2D eigenvalue weighted by atomic mass is 9.95. The van der Waals surface area contributed by atoms with Crippen LogP contribution in [0.5, 0.6) is 0 Å². The van der Waals surface area contributed by atoms with Gasteiger partial charge in [0.1, 0.15) is 18.5 Å². The Morgan fingerprint density at radius 3 is 2.79 bits per heavy atom. The monoisotopic (exact) mass is 379 g/mol. The van der Waals surface area contributed by atoms with E-state index in [9.17, 15) is 4.79 Å². The first-order valence-corrected chi connectivity index (χ1v) is 9.73. The molecule has 1 aliphatic heterocycles. The third-order valence-corrected chi connectivity index (χ3v) is 5.33. The van der Waals surface area contributed by atoms with Crippen molar-refractivity contribution in [1.82, 2.24) is 34.2 Å². The summed E-state index contributed by atoms with van der Waals surface area (Å²) in [6.45, 7) is 4.77. The first-order valence-electron chi connectivity index (χ1n) is 9.73. The van der Waals surface area contributed by atoms with Crippen LogP contribution in [0.1, 0.15) is 37.2 Å². The van der Waals surface area contributed by atoms with Crippen molar-refractivity contribution >= 4 is 5.91 Å². The third kappa shape index (κ3) is 4.11. The second-order valence-electron chi connectivity index (χ2n) is 7.35. The predicted octanol–water partition coefficient (Wildman–Crippen LogP) is 1.96. The molecule has 146 valence electrons. The van der Waals surface area contributed by atoms with E-state index in [-0.39, 0.29) is 11.8 Å². The zero-order chi connectivity index (χ0) is 19.3. The van der Waals surface area contributed by atoms with Gasteiger partial charge in [-0.1, -0.05) is 13.0 Å². The van der Waals surface area contributed by atoms with Gasteiger partial charge in [0.25, 0.3) is 0 Å². The van der Waals surface area contributed by atoms with E-state index in [0.29, 0.717) is 12.5 Å². The van der Waals surface area contributed by atoms with E-state index in [2.05, 4.69) is 24.6 Å². The Kier molecular flexibility index (Phi) is 5.45. The van der Waals surface area contributed by atoms with Crippen molar-refractivity contribution < 1.29 is 4.79 Å². The molecule has 8 heteroatoms. The summed E-state index contributed by atoms with van der Waals surface area (Å²) in [4.78, 5) is 27.7. The van der Waals surface area contributed by atoms with Crippen molar-refractivity contribution in [2.24, 2.45) is 5.92 Å². The lowest BCUT2D eigenvalue weighted by molar-refractivity contribution is -0.136. The Morgan fingerprint density at radius 2 is 2.07 bits per heavy atom. The van der Waals surface area contributed by atoms with Gasteiger partial charge in [-0.3, -0.25) is 14.5 Å². The summed E-state index contributed by atoms with van der Waals surface area (Å²) in [5.74, 6) is 1.54. The minimum Gasteiger partial charge on any atom is -0.342 e. The van der Waals surface area contributed by atoms with Gasteiger partial charge in [-0.2, -0.15) is 5.10 Å². The van der Waals surface area contributed by atoms with Crippen LogP contribution >= 0.6 is 0 Å². The highest BCUT2D eigenvalue weighted by Crippen LogP contribution is 2.28. The molecule has 0 aromatic carbocycles. The number of carbonyl (C=O) groups excluding carboxylic acids is 1. The fraction of sp³-hybridized carbons (Fsp3) is 0.450. The molecule has 0 unspecified atom stereocenters. The van der Waals surface area contributed by atoms with Crippen molar-refractivity contribution in [2.75, 3.05) is 13.1 Å². The highest BCUT2D eigenvalue weighted by atomic mass is 16.2. The number of rotatable bonds is 6. The van der Waals surface area contributed by atoms with Crippen LogP contribution in [-0.2, 0) is 17.9 Å². The summed E-state index contributed by atoms with van der Waals surface area (Å²) in [6, 6.07) is 5.96. The van der Waals surface area contributed by atoms with Gasteiger partial charge >= 0.3 is 0 Å². The number of imidazole rings is 1. The van der Waals surface area contributed by atoms with Crippen LogP contribution in [0.3, 0.4) is 0 Å². The van der Waals surface area contributed by atoms with E-state index in [1.165, 1.54) is 6.33 Å². The predicted molar refractivity (Wildman–Crippen MR) is 103 cm³/mol. The maximum atomic E-state index is 12.8. The van der Waals surface area contributed by atoms with Gasteiger partial charge in [-0.05, 0) is 25.0 Å². The largest absolute Gasteiger partial charge is 0.342 e. The van der Waals surface area contributed by atoms with Gasteiger partial charge in [0.05, 0.1) is 24.7 Å². The summed E-state index contributed by atoms with van der Waals surface area (Å²) >= 11 is 0. The van der Waals surface area contributed by atoms with Crippen LogP contribution in [0.4, 0.5) is 0 Å². The molecule has 0 spiro atoms. The standard InChI is InChI=1S/C20H25N7O/c1-16(12-27-15-21-14-24-27)20(28)25-9-5-17(6-10-25)19-23-8-11-26(19)13-18-4-2-3-7-22-18/h2-4,7-8,11,14-17H,5-6,9-10,12-13H2,1H3/t16-/m0/s1. The van der Waals surface area contributed by atoms with Gasteiger partial charge < -0.3 is 9.47 Å². The molecule has 8 nitrogen and oxygen atoms in total. The zero-order valence-corrected chi connectivity index (χ0v) is 16.1. The number of pyridine rings is 1. The molecule has 1 atom stereocenters. The van der Waals surface area contributed by atoms with Crippen LogP contribution in [0, 0.1) is 5.92 Å². The summed E-state index contributed by atoms with van der Waals surface area (Å²) in [7, 11) is 0. The highest BCUT2D eigenvalue weighted by Gasteiger charge is 2.28. The van der Waals surface area contributed by atoms with Gasteiger partial charge in [-0.25, -0.2) is 9.97 Å². The average molecular weight is 379 g/mol. The molecule has 0 bridgehead atoms. The van der Waals surface area contributed by atoms with E-state index in [1.807, 2.05) is 48.6 Å². The highest BCUT2D eigenvalue weighted by molar-refractivity contribution is 5.78. The first-order chi connectivity index (χ1) is 13.7. The van der Waals surface area contributed by atoms with Crippen LogP contribution in [-0.4, -0.2) is 53.2 Å². The smallest absolute Gasteiger partial charge is 0.227 e. The van der Waals surface area contributed by atoms with Crippen molar-refractivity contribution in [1.29, 1.82) is 0 Å². The lowest BCUT2D eigenvalue weighted by Crippen LogP contribution is -2.42. The molecule has 3 aromatic heterocycles.